The monoisotopic (exact) mass is 401 g/mol. The van der Waals surface area contributed by atoms with E-state index in [9.17, 15) is 0 Å². The van der Waals surface area contributed by atoms with E-state index in [1.165, 1.54) is 0 Å². The molecule has 1 aromatic heterocycles. The van der Waals surface area contributed by atoms with Gasteiger partial charge in [0, 0.05) is 37.8 Å². The van der Waals surface area contributed by atoms with E-state index in [2.05, 4.69) is 15.3 Å². The van der Waals surface area contributed by atoms with Gasteiger partial charge in [0.2, 0.25) is 0 Å². The van der Waals surface area contributed by atoms with E-state index in [0.29, 0.717) is 19.1 Å². The maximum absolute atomic E-state index is 5.90. The van der Waals surface area contributed by atoms with Crippen molar-refractivity contribution in [3.8, 4) is 0 Å². The van der Waals surface area contributed by atoms with Crippen molar-refractivity contribution in [3.63, 3.8) is 0 Å². The van der Waals surface area contributed by atoms with Crippen LogP contribution in [0.2, 0.25) is 0 Å². The fourth-order valence-electron chi connectivity index (χ4n) is 1.81. The smallest absolute Gasteiger partial charge is 0.193 e. The fraction of sp³-hybridized carbons (Fsp3) is 0.286. The number of imidazole rings is 1. The Labute approximate surface area is 141 Å². The van der Waals surface area contributed by atoms with Crippen LogP contribution in [0.5, 0.6) is 0 Å². The first kappa shape index (κ1) is 17.4. The van der Waals surface area contributed by atoms with E-state index in [1.807, 2.05) is 42.1 Å². The number of hydrogen-bond acceptors (Lipinski definition) is 3. The molecule has 21 heavy (non-hydrogen) atoms. The second kappa shape index (κ2) is 8.63. The number of aliphatic imine (C=N–C) groups is 1. The van der Waals surface area contributed by atoms with Crippen LogP contribution in [0, 0.1) is 0 Å². The Hall–Kier alpha value is -1.61. The van der Waals surface area contributed by atoms with E-state index in [0.717, 1.165) is 17.1 Å². The lowest BCUT2D eigenvalue weighted by Crippen LogP contribution is -2.23. The highest BCUT2D eigenvalue weighted by Gasteiger charge is 2.03. The summed E-state index contributed by atoms with van der Waals surface area (Å²) < 4.78 is 7.06. The van der Waals surface area contributed by atoms with Gasteiger partial charge in [-0.25, -0.2) is 9.98 Å². The maximum Gasteiger partial charge on any atom is 0.193 e. The van der Waals surface area contributed by atoms with Crippen LogP contribution in [0.3, 0.4) is 0 Å². The van der Waals surface area contributed by atoms with Crippen LogP contribution >= 0.6 is 24.0 Å². The van der Waals surface area contributed by atoms with Crippen molar-refractivity contribution in [1.29, 1.82) is 0 Å². The lowest BCUT2D eigenvalue weighted by Gasteiger charge is -2.10. The van der Waals surface area contributed by atoms with Gasteiger partial charge in [0.1, 0.15) is 12.4 Å². The van der Waals surface area contributed by atoms with Gasteiger partial charge in [-0.15, -0.1) is 24.0 Å². The number of nitrogens with zero attached hydrogens (tertiary/aromatic N) is 3. The van der Waals surface area contributed by atoms with E-state index in [1.54, 1.807) is 13.3 Å². The number of guanidine groups is 1. The zero-order chi connectivity index (χ0) is 14.4. The second-order valence-corrected chi connectivity index (χ2v) is 4.37. The Morgan fingerprint density at radius 2 is 2.19 bits per heavy atom. The van der Waals surface area contributed by atoms with Crippen molar-refractivity contribution in [1.82, 2.24) is 9.55 Å². The molecular formula is C14H20IN5O. The highest BCUT2D eigenvalue weighted by Crippen LogP contribution is 2.15. The molecule has 114 valence electrons. The first-order valence-electron chi connectivity index (χ1n) is 6.30. The molecule has 0 unspecified atom stereocenters. The molecule has 0 aliphatic rings. The molecule has 2 aromatic rings. The summed E-state index contributed by atoms with van der Waals surface area (Å²) in [7, 11) is 3.59. The molecule has 0 amide bonds. The van der Waals surface area contributed by atoms with Gasteiger partial charge < -0.3 is 20.4 Å². The molecule has 2 rings (SSSR count). The van der Waals surface area contributed by atoms with Crippen LogP contribution in [0.4, 0.5) is 5.69 Å². The summed E-state index contributed by atoms with van der Waals surface area (Å²) in [5, 5.41) is 3.09. The Morgan fingerprint density at radius 3 is 2.86 bits per heavy atom. The topological polar surface area (TPSA) is 77.5 Å². The van der Waals surface area contributed by atoms with Crippen LogP contribution in [0.15, 0.2) is 41.7 Å². The average Bonchev–Trinajstić information content (AvgIpc) is 2.84. The normalized spacial score (nSPS) is 11.0. The number of para-hydroxylation sites is 1. The van der Waals surface area contributed by atoms with Gasteiger partial charge in [-0.3, -0.25) is 0 Å². The minimum absolute atomic E-state index is 0. The SMILES string of the molecule is COCc1ccccc1NC(N)=NCc1nccn1C.I. The van der Waals surface area contributed by atoms with Gasteiger partial charge in [0.15, 0.2) is 5.96 Å². The Balaban J connectivity index is 0.00000220. The minimum atomic E-state index is 0. The number of nitrogens with one attached hydrogen (secondary N) is 1. The van der Waals surface area contributed by atoms with Crippen molar-refractivity contribution >= 4 is 35.6 Å². The molecule has 0 saturated heterocycles. The van der Waals surface area contributed by atoms with Gasteiger partial charge in [-0.2, -0.15) is 0 Å². The number of halogens is 1. The number of hydrogen-bond donors (Lipinski definition) is 2. The van der Waals surface area contributed by atoms with Gasteiger partial charge in [-0.05, 0) is 6.07 Å². The summed E-state index contributed by atoms with van der Waals surface area (Å²) in [5.41, 5.74) is 7.83. The molecule has 0 bridgehead atoms. The van der Waals surface area contributed by atoms with Gasteiger partial charge in [0.05, 0.1) is 6.61 Å². The summed E-state index contributed by atoms with van der Waals surface area (Å²) in [6, 6.07) is 7.82. The molecule has 0 radical (unpaired) electrons. The number of ether oxygens (including phenoxy) is 1. The van der Waals surface area contributed by atoms with Crippen molar-refractivity contribution in [2.45, 2.75) is 13.2 Å². The Morgan fingerprint density at radius 1 is 1.43 bits per heavy atom. The summed E-state index contributed by atoms with van der Waals surface area (Å²) in [6.07, 6.45) is 3.62. The molecule has 0 atom stereocenters. The van der Waals surface area contributed by atoms with Gasteiger partial charge in [-0.1, -0.05) is 18.2 Å². The highest BCUT2D eigenvalue weighted by atomic mass is 127. The number of nitrogens with two attached hydrogens (primary N) is 1. The van der Waals surface area contributed by atoms with Crippen LogP contribution in [-0.4, -0.2) is 22.6 Å². The Kier molecular flexibility index (Phi) is 7.17. The first-order valence-corrected chi connectivity index (χ1v) is 6.30. The molecular weight excluding hydrogens is 381 g/mol. The molecule has 0 aliphatic heterocycles. The number of aryl methyl sites for hydroxylation is 1. The van der Waals surface area contributed by atoms with E-state index >= 15 is 0 Å². The van der Waals surface area contributed by atoms with Crippen LogP contribution < -0.4 is 11.1 Å². The second-order valence-electron chi connectivity index (χ2n) is 4.37. The predicted molar refractivity (Wildman–Crippen MR) is 94.7 cm³/mol. The van der Waals surface area contributed by atoms with Crippen molar-refractivity contribution in [3.05, 3.63) is 48.0 Å². The number of aromatic nitrogens is 2. The largest absolute Gasteiger partial charge is 0.380 e. The number of anilines is 1. The standard InChI is InChI=1S/C14H19N5O.HI/c1-19-8-7-16-13(19)9-17-14(15)18-12-6-4-3-5-11(12)10-20-2;/h3-8H,9-10H2,1-2H3,(H3,15,17,18);1H. The van der Waals surface area contributed by atoms with E-state index in [-0.39, 0.29) is 24.0 Å². The number of rotatable bonds is 5. The zero-order valence-corrected chi connectivity index (χ0v) is 14.4. The predicted octanol–water partition coefficient (Wildman–Crippen LogP) is 2.11. The minimum Gasteiger partial charge on any atom is -0.380 e. The maximum atomic E-state index is 5.90. The van der Waals surface area contributed by atoms with Crippen molar-refractivity contribution in [2.75, 3.05) is 12.4 Å². The molecule has 0 fully saturated rings. The van der Waals surface area contributed by atoms with Gasteiger partial charge >= 0.3 is 0 Å². The Bertz CT molecular complexity index is 597. The molecule has 3 N–H and O–H groups in total. The van der Waals surface area contributed by atoms with Crippen LogP contribution in [0.25, 0.3) is 0 Å². The summed E-state index contributed by atoms with van der Waals surface area (Å²) >= 11 is 0. The molecule has 1 heterocycles. The third-order valence-electron chi connectivity index (χ3n) is 2.89. The van der Waals surface area contributed by atoms with Crippen molar-refractivity contribution < 1.29 is 4.74 Å². The quantitative estimate of drug-likeness (QED) is 0.457. The third-order valence-corrected chi connectivity index (χ3v) is 2.89. The molecule has 0 spiro atoms. The average molecular weight is 401 g/mol. The highest BCUT2D eigenvalue weighted by molar-refractivity contribution is 14.0. The van der Waals surface area contributed by atoms with Crippen LogP contribution in [-0.2, 0) is 24.9 Å². The van der Waals surface area contributed by atoms with Crippen molar-refractivity contribution in [2.24, 2.45) is 17.8 Å². The molecule has 7 heteroatoms. The molecule has 1 aromatic carbocycles. The van der Waals surface area contributed by atoms with Crippen LogP contribution in [0.1, 0.15) is 11.4 Å². The van der Waals surface area contributed by atoms with E-state index in [4.69, 9.17) is 10.5 Å². The van der Waals surface area contributed by atoms with Gasteiger partial charge in [0.25, 0.3) is 0 Å². The number of benzene rings is 1. The third kappa shape index (κ3) is 5.01. The fourth-order valence-corrected chi connectivity index (χ4v) is 1.81. The summed E-state index contributed by atoms with van der Waals surface area (Å²) in [6.45, 7) is 0.963. The molecule has 6 nitrogen and oxygen atoms in total. The zero-order valence-electron chi connectivity index (χ0n) is 12.1. The number of methoxy groups -OCH3 is 1. The lowest BCUT2D eigenvalue weighted by atomic mass is 10.2. The summed E-state index contributed by atoms with van der Waals surface area (Å²) in [4.78, 5) is 8.48. The molecule has 0 saturated carbocycles. The first-order chi connectivity index (χ1) is 9.70. The lowest BCUT2D eigenvalue weighted by molar-refractivity contribution is 0.185. The molecule has 0 aliphatic carbocycles. The van der Waals surface area contributed by atoms with E-state index < -0.39 is 0 Å². The summed E-state index contributed by atoms with van der Waals surface area (Å²) in [5.74, 6) is 1.22.